The van der Waals surface area contributed by atoms with Crippen molar-refractivity contribution in [3.05, 3.63) is 35.5 Å². The van der Waals surface area contributed by atoms with Crippen molar-refractivity contribution >= 4 is 22.8 Å². The van der Waals surface area contributed by atoms with Crippen LogP contribution in [0.1, 0.15) is 23.0 Å². The van der Waals surface area contributed by atoms with Gasteiger partial charge in [-0.05, 0) is 24.6 Å². The molecule has 0 aliphatic carbocycles. The quantitative estimate of drug-likeness (QED) is 0.855. The number of hydrogen-bond acceptors (Lipinski definition) is 4. The van der Waals surface area contributed by atoms with Gasteiger partial charge in [0, 0.05) is 10.9 Å². The van der Waals surface area contributed by atoms with E-state index in [9.17, 15) is 9.59 Å². The molecule has 2 aromatic rings. The average Bonchev–Trinajstić information content (AvgIpc) is 2.81. The molecule has 0 saturated carbocycles. The number of methoxy groups -OCH3 is 1. The van der Waals surface area contributed by atoms with Crippen LogP contribution >= 0.6 is 0 Å². The number of hydrogen-bond donors (Lipinski definition) is 1. The summed E-state index contributed by atoms with van der Waals surface area (Å²) in [5, 5.41) is 0.896. The summed E-state index contributed by atoms with van der Waals surface area (Å²) in [6.45, 7) is 2.14. The number of nitrogens with one attached hydrogen (secondary N) is 1. The van der Waals surface area contributed by atoms with Crippen molar-refractivity contribution in [3.8, 4) is 0 Å². The van der Waals surface area contributed by atoms with Crippen LogP contribution in [0.3, 0.4) is 0 Å². The highest BCUT2D eigenvalue weighted by molar-refractivity contribution is 5.95. The Bertz CT molecular complexity index is 615. The van der Waals surface area contributed by atoms with Crippen LogP contribution in [0.5, 0.6) is 0 Å². The number of benzene rings is 1. The van der Waals surface area contributed by atoms with Crippen LogP contribution in [-0.4, -0.2) is 30.6 Å². The molecule has 0 unspecified atom stereocenters. The molecular weight excluding hydrogens is 246 g/mol. The summed E-state index contributed by atoms with van der Waals surface area (Å²) in [4.78, 5) is 25.8. The maximum absolute atomic E-state index is 11.4. The van der Waals surface area contributed by atoms with Crippen LogP contribution in [0, 0.1) is 0 Å². The number of ether oxygens (including phenoxy) is 2. The number of esters is 2. The van der Waals surface area contributed by atoms with E-state index in [2.05, 4.69) is 9.72 Å². The van der Waals surface area contributed by atoms with Crippen LogP contribution in [0.15, 0.2) is 24.3 Å². The Kier molecular flexibility index (Phi) is 3.85. The molecule has 0 saturated heterocycles. The van der Waals surface area contributed by atoms with E-state index in [1.807, 2.05) is 18.2 Å². The lowest BCUT2D eigenvalue weighted by Crippen LogP contribution is -2.07. The molecule has 1 N–H and O–H groups in total. The van der Waals surface area contributed by atoms with Gasteiger partial charge in [-0.1, -0.05) is 12.1 Å². The summed E-state index contributed by atoms with van der Waals surface area (Å²) in [5.74, 6) is -0.676. The smallest absolute Gasteiger partial charge is 0.354 e. The molecule has 1 aromatic carbocycles. The van der Waals surface area contributed by atoms with Crippen LogP contribution < -0.4 is 0 Å². The van der Waals surface area contributed by atoms with E-state index in [0.717, 1.165) is 16.5 Å². The topological polar surface area (TPSA) is 68.4 Å². The lowest BCUT2D eigenvalue weighted by atomic mass is 10.1. The zero-order valence-corrected chi connectivity index (χ0v) is 10.9. The van der Waals surface area contributed by atoms with Crippen molar-refractivity contribution in [1.29, 1.82) is 0 Å². The normalized spacial score (nSPS) is 10.4. The zero-order chi connectivity index (χ0) is 13.8. The van der Waals surface area contributed by atoms with Gasteiger partial charge in [-0.3, -0.25) is 4.79 Å². The van der Waals surface area contributed by atoms with Crippen molar-refractivity contribution in [3.63, 3.8) is 0 Å². The van der Waals surface area contributed by atoms with E-state index < -0.39 is 5.97 Å². The van der Waals surface area contributed by atoms with Gasteiger partial charge in [-0.25, -0.2) is 4.79 Å². The fourth-order valence-electron chi connectivity index (χ4n) is 1.88. The number of carbonyl (C=O) groups excluding carboxylic acids is 2. The number of aromatic nitrogens is 1. The lowest BCUT2D eigenvalue weighted by Gasteiger charge is -2.02. The van der Waals surface area contributed by atoms with Crippen molar-refractivity contribution in [1.82, 2.24) is 4.98 Å². The molecule has 1 heterocycles. The van der Waals surface area contributed by atoms with Crippen LogP contribution in [0.2, 0.25) is 0 Å². The molecule has 0 bridgehead atoms. The largest absolute Gasteiger partial charge is 0.466 e. The third-order valence-electron chi connectivity index (χ3n) is 2.75. The van der Waals surface area contributed by atoms with Gasteiger partial charge in [-0.2, -0.15) is 0 Å². The van der Waals surface area contributed by atoms with E-state index in [0.29, 0.717) is 12.3 Å². The molecular formula is C14H15NO4. The molecule has 5 heteroatoms. The Labute approximate surface area is 110 Å². The number of carbonyl (C=O) groups is 2. The first-order valence-electron chi connectivity index (χ1n) is 5.99. The van der Waals surface area contributed by atoms with Gasteiger partial charge in [0.1, 0.15) is 5.69 Å². The fourth-order valence-corrected chi connectivity index (χ4v) is 1.88. The third kappa shape index (κ3) is 2.93. The second-order valence-corrected chi connectivity index (χ2v) is 4.08. The lowest BCUT2D eigenvalue weighted by molar-refractivity contribution is -0.142. The monoisotopic (exact) mass is 261 g/mol. The highest BCUT2D eigenvalue weighted by Crippen LogP contribution is 2.18. The summed E-state index contributed by atoms with van der Waals surface area (Å²) >= 11 is 0. The standard InChI is InChI=1S/C14H15NO4/c1-3-19-13(16)7-9-4-5-10-8-12(14(17)18-2)15-11(10)6-9/h4-6,8,15H,3,7H2,1-2H3. The molecule has 5 nitrogen and oxygen atoms in total. The van der Waals surface area contributed by atoms with Crippen molar-refractivity contribution in [2.45, 2.75) is 13.3 Å². The molecule has 0 radical (unpaired) electrons. The fraction of sp³-hybridized carbons (Fsp3) is 0.286. The number of rotatable bonds is 4. The summed E-state index contributed by atoms with van der Waals surface area (Å²) in [6.07, 6.45) is 0.219. The zero-order valence-electron chi connectivity index (χ0n) is 10.9. The second kappa shape index (κ2) is 5.56. The molecule has 100 valence electrons. The molecule has 1 aromatic heterocycles. The molecule has 0 atom stereocenters. The first-order valence-corrected chi connectivity index (χ1v) is 5.99. The SMILES string of the molecule is CCOC(=O)Cc1ccc2cc(C(=O)OC)[nH]c2c1. The maximum atomic E-state index is 11.4. The first-order chi connectivity index (χ1) is 9.13. The van der Waals surface area contributed by atoms with Gasteiger partial charge < -0.3 is 14.5 Å². The van der Waals surface area contributed by atoms with Crippen molar-refractivity contribution in [2.75, 3.05) is 13.7 Å². The molecule has 0 spiro atoms. The van der Waals surface area contributed by atoms with Gasteiger partial charge in [-0.15, -0.1) is 0 Å². The summed E-state index contributed by atoms with van der Waals surface area (Å²) in [5.41, 5.74) is 2.03. The van der Waals surface area contributed by atoms with Crippen molar-refractivity contribution < 1.29 is 19.1 Å². The van der Waals surface area contributed by atoms with Crippen LogP contribution in [0.25, 0.3) is 10.9 Å². The molecule has 2 rings (SSSR count). The summed E-state index contributed by atoms with van der Waals surface area (Å²) in [6, 6.07) is 7.25. The van der Waals surface area contributed by atoms with Crippen molar-refractivity contribution in [2.24, 2.45) is 0 Å². The number of fused-ring (bicyclic) bond motifs is 1. The Balaban J connectivity index is 2.25. The minimum absolute atomic E-state index is 0.219. The average molecular weight is 261 g/mol. The molecule has 19 heavy (non-hydrogen) atoms. The van der Waals surface area contributed by atoms with E-state index in [1.54, 1.807) is 13.0 Å². The highest BCUT2D eigenvalue weighted by Gasteiger charge is 2.10. The third-order valence-corrected chi connectivity index (χ3v) is 2.75. The Hall–Kier alpha value is -2.30. The van der Waals surface area contributed by atoms with E-state index in [4.69, 9.17) is 4.74 Å². The van der Waals surface area contributed by atoms with Gasteiger partial charge >= 0.3 is 11.9 Å². The Morgan fingerprint density at radius 3 is 2.74 bits per heavy atom. The molecule has 0 fully saturated rings. The predicted octanol–water partition coefficient (Wildman–Crippen LogP) is 2.06. The number of H-pyrrole nitrogens is 1. The van der Waals surface area contributed by atoms with E-state index in [1.165, 1.54) is 7.11 Å². The number of aromatic amines is 1. The first kappa shape index (κ1) is 13.1. The minimum atomic E-state index is -0.414. The molecule has 0 amide bonds. The highest BCUT2D eigenvalue weighted by atomic mass is 16.5. The Morgan fingerprint density at radius 2 is 2.05 bits per heavy atom. The van der Waals surface area contributed by atoms with E-state index >= 15 is 0 Å². The maximum Gasteiger partial charge on any atom is 0.354 e. The Morgan fingerprint density at radius 1 is 1.26 bits per heavy atom. The van der Waals surface area contributed by atoms with Gasteiger partial charge in [0.05, 0.1) is 20.1 Å². The van der Waals surface area contributed by atoms with E-state index in [-0.39, 0.29) is 12.4 Å². The van der Waals surface area contributed by atoms with Gasteiger partial charge in [0.25, 0.3) is 0 Å². The van der Waals surface area contributed by atoms with Crippen LogP contribution in [-0.2, 0) is 20.7 Å². The van der Waals surface area contributed by atoms with Crippen LogP contribution in [0.4, 0.5) is 0 Å². The summed E-state index contributed by atoms with van der Waals surface area (Å²) in [7, 11) is 1.33. The predicted molar refractivity (Wildman–Crippen MR) is 70.0 cm³/mol. The summed E-state index contributed by atoms with van der Waals surface area (Å²) < 4.78 is 9.54. The minimum Gasteiger partial charge on any atom is -0.466 e. The van der Waals surface area contributed by atoms with Gasteiger partial charge in [0.15, 0.2) is 0 Å². The molecule has 0 aliphatic heterocycles. The molecule has 0 aliphatic rings. The van der Waals surface area contributed by atoms with Gasteiger partial charge in [0.2, 0.25) is 0 Å². The second-order valence-electron chi connectivity index (χ2n) is 4.08.